The van der Waals surface area contributed by atoms with Gasteiger partial charge in [-0.25, -0.2) is 0 Å². The molecule has 1 fully saturated rings. The van der Waals surface area contributed by atoms with E-state index in [-0.39, 0.29) is 5.91 Å². The highest BCUT2D eigenvalue weighted by atomic mass is 32.2. The van der Waals surface area contributed by atoms with Gasteiger partial charge >= 0.3 is 0 Å². The number of rotatable bonds is 6. The second-order valence-corrected chi connectivity index (χ2v) is 8.29. The molecule has 1 saturated carbocycles. The third kappa shape index (κ3) is 3.46. The van der Waals surface area contributed by atoms with Crippen LogP contribution >= 0.6 is 11.8 Å². The zero-order chi connectivity index (χ0) is 18.9. The predicted molar refractivity (Wildman–Crippen MR) is 108 cm³/mol. The van der Waals surface area contributed by atoms with Crippen LogP contribution in [0.4, 0.5) is 5.69 Å². The van der Waals surface area contributed by atoms with Crippen LogP contribution in [0.3, 0.4) is 0 Å². The topological polar surface area (TPSA) is 64.2 Å². The highest BCUT2D eigenvalue weighted by molar-refractivity contribution is 7.99. The average molecular weight is 395 g/mol. The SMILES string of the molecule is O=C(CSc1nnc(C2CC2)n1Cc1ccco1)N1CCCc2ccccc21. The van der Waals surface area contributed by atoms with E-state index in [1.54, 1.807) is 6.26 Å². The van der Waals surface area contributed by atoms with Crippen molar-refractivity contribution in [1.82, 2.24) is 14.8 Å². The lowest BCUT2D eigenvalue weighted by atomic mass is 10.0. The van der Waals surface area contributed by atoms with Crippen LogP contribution in [0.15, 0.2) is 52.2 Å². The summed E-state index contributed by atoms with van der Waals surface area (Å²) in [6.07, 6.45) is 6.04. The smallest absolute Gasteiger partial charge is 0.237 e. The van der Waals surface area contributed by atoms with Crippen LogP contribution in [-0.2, 0) is 17.8 Å². The number of fused-ring (bicyclic) bond motifs is 1. The van der Waals surface area contributed by atoms with Crippen LogP contribution in [0, 0.1) is 0 Å². The van der Waals surface area contributed by atoms with Gasteiger partial charge in [0, 0.05) is 18.2 Å². The summed E-state index contributed by atoms with van der Waals surface area (Å²) in [6, 6.07) is 12.0. The molecule has 5 rings (SSSR count). The number of aryl methyl sites for hydroxylation is 1. The Morgan fingerprint density at radius 3 is 2.89 bits per heavy atom. The van der Waals surface area contributed by atoms with Crippen molar-refractivity contribution in [3.05, 3.63) is 59.8 Å². The third-order valence-electron chi connectivity index (χ3n) is 5.32. The molecule has 1 aliphatic carbocycles. The monoisotopic (exact) mass is 394 g/mol. The lowest BCUT2D eigenvalue weighted by Crippen LogP contribution is -2.36. The van der Waals surface area contributed by atoms with Gasteiger partial charge in [0.2, 0.25) is 5.91 Å². The first-order chi connectivity index (χ1) is 13.8. The summed E-state index contributed by atoms with van der Waals surface area (Å²) in [5, 5.41) is 9.58. The number of nitrogens with zero attached hydrogens (tertiary/aromatic N) is 4. The molecule has 0 bridgehead atoms. The highest BCUT2D eigenvalue weighted by Gasteiger charge is 2.31. The molecule has 0 unspecified atom stereocenters. The minimum absolute atomic E-state index is 0.123. The molecule has 0 radical (unpaired) electrons. The first-order valence-electron chi connectivity index (χ1n) is 9.76. The van der Waals surface area contributed by atoms with E-state index in [1.165, 1.54) is 17.3 Å². The van der Waals surface area contributed by atoms with E-state index >= 15 is 0 Å². The standard InChI is InChI=1S/C21H22N4O2S/c26-19(24-11-3-6-15-5-1-2-8-18(15)24)14-28-21-23-22-20(16-9-10-16)25(21)13-17-7-4-12-27-17/h1-2,4-5,7-8,12,16H,3,6,9-11,13-14H2. The molecule has 6 nitrogen and oxygen atoms in total. The second kappa shape index (κ2) is 7.47. The quantitative estimate of drug-likeness (QED) is 0.594. The molecular weight excluding hydrogens is 372 g/mol. The summed E-state index contributed by atoms with van der Waals surface area (Å²) in [5.41, 5.74) is 2.30. The van der Waals surface area contributed by atoms with Gasteiger partial charge in [-0.3, -0.25) is 9.36 Å². The van der Waals surface area contributed by atoms with Gasteiger partial charge in [-0.15, -0.1) is 10.2 Å². The second-order valence-electron chi connectivity index (χ2n) is 7.35. The minimum Gasteiger partial charge on any atom is -0.467 e. The first kappa shape index (κ1) is 17.6. The molecule has 3 aromatic rings. The summed E-state index contributed by atoms with van der Waals surface area (Å²) < 4.78 is 7.63. The Labute approximate surface area is 167 Å². The summed E-state index contributed by atoms with van der Waals surface area (Å²) in [5.74, 6) is 2.85. The molecule has 2 aromatic heterocycles. The largest absolute Gasteiger partial charge is 0.467 e. The fourth-order valence-corrected chi connectivity index (χ4v) is 4.58. The van der Waals surface area contributed by atoms with Crippen molar-refractivity contribution in [2.24, 2.45) is 0 Å². The van der Waals surface area contributed by atoms with Crippen LogP contribution in [-0.4, -0.2) is 33.0 Å². The molecule has 1 aliphatic heterocycles. The molecule has 144 valence electrons. The number of hydrogen-bond donors (Lipinski definition) is 0. The number of furan rings is 1. The van der Waals surface area contributed by atoms with Crippen molar-refractivity contribution in [1.29, 1.82) is 0 Å². The van der Waals surface area contributed by atoms with Crippen LogP contribution < -0.4 is 4.90 Å². The Balaban J connectivity index is 1.32. The number of carbonyl (C=O) groups is 1. The molecule has 1 aromatic carbocycles. The van der Waals surface area contributed by atoms with E-state index in [2.05, 4.69) is 20.8 Å². The van der Waals surface area contributed by atoms with Crippen molar-refractivity contribution < 1.29 is 9.21 Å². The predicted octanol–water partition coefficient (Wildman–Crippen LogP) is 3.87. The molecular formula is C21H22N4O2S. The summed E-state index contributed by atoms with van der Waals surface area (Å²) in [6.45, 7) is 1.39. The van der Waals surface area contributed by atoms with E-state index in [0.29, 0.717) is 18.2 Å². The normalized spacial score (nSPS) is 16.2. The number of thioether (sulfide) groups is 1. The Morgan fingerprint density at radius 1 is 1.18 bits per heavy atom. The van der Waals surface area contributed by atoms with Gasteiger partial charge in [-0.1, -0.05) is 30.0 Å². The van der Waals surface area contributed by atoms with Gasteiger partial charge in [-0.2, -0.15) is 0 Å². The molecule has 28 heavy (non-hydrogen) atoms. The van der Waals surface area contributed by atoms with Crippen molar-refractivity contribution in [2.45, 2.75) is 43.3 Å². The fourth-order valence-electron chi connectivity index (χ4n) is 3.75. The number of benzene rings is 1. The van der Waals surface area contributed by atoms with Gasteiger partial charge in [-0.05, 0) is 49.4 Å². The van der Waals surface area contributed by atoms with Crippen molar-refractivity contribution in [2.75, 3.05) is 17.2 Å². The van der Waals surface area contributed by atoms with Gasteiger partial charge in [0.15, 0.2) is 5.16 Å². The summed E-state index contributed by atoms with van der Waals surface area (Å²) in [4.78, 5) is 14.9. The number of amides is 1. The summed E-state index contributed by atoms with van der Waals surface area (Å²) in [7, 11) is 0. The van der Waals surface area contributed by atoms with Gasteiger partial charge in [0.05, 0.1) is 18.6 Å². The van der Waals surface area contributed by atoms with Crippen molar-refractivity contribution >= 4 is 23.4 Å². The third-order valence-corrected chi connectivity index (χ3v) is 6.27. The number of carbonyl (C=O) groups excluding carboxylic acids is 1. The summed E-state index contributed by atoms with van der Waals surface area (Å²) >= 11 is 1.47. The molecule has 0 spiro atoms. The molecule has 7 heteroatoms. The van der Waals surface area contributed by atoms with Gasteiger partial charge in [0.1, 0.15) is 11.6 Å². The van der Waals surface area contributed by atoms with Crippen molar-refractivity contribution in [3.8, 4) is 0 Å². The van der Waals surface area contributed by atoms with Gasteiger partial charge < -0.3 is 9.32 Å². The first-order valence-corrected chi connectivity index (χ1v) is 10.7. The van der Waals surface area contributed by atoms with Crippen molar-refractivity contribution in [3.63, 3.8) is 0 Å². The zero-order valence-electron chi connectivity index (χ0n) is 15.6. The van der Waals surface area contributed by atoms with Crippen LogP contribution in [0.2, 0.25) is 0 Å². The Kier molecular flexibility index (Phi) is 4.68. The maximum atomic E-state index is 12.9. The molecule has 2 aliphatic rings. The highest BCUT2D eigenvalue weighted by Crippen LogP contribution is 2.40. The lowest BCUT2D eigenvalue weighted by Gasteiger charge is -2.29. The Hall–Kier alpha value is -2.54. The van der Waals surface area contributed by atoms with Crippen LogP contribution in [0.5, 0.6) is 0 Å². The van der Waals surface area contributed by atoms with Gasteiger partial charge in [0.25, 0.3) is 0 Å². The molecule has 0 N–H and O–H groups in total. The fraction of sp³-hybridized carbons (Fsp3) is 0.381. The lowest BCUT2D eigenvalue weighted by molar-refractivity contribution is -0.116. The maximum absolute atomic E-state index is 12.9. The number of anilines is 1. The molecule has 3 heterocycles. The molecule has 0 atom stereocenters. The Morgan fingerprint density at radius 2 is 2.07 bits per heavy atom. The average Bonchev–Trinajstić information content (AvgIpc) is 3.29. The van der Waals surface area contributed by atoms with E-state index < -0.39 is 0 Å². The minimum atomic E-state index is 0.123. The Bertz CT molecular complexity index is 978. The number of aromatic nitrogens is 3. The molecule has 1 amide bonds. The van der Waals surface area contributed by atoms with E-state index in [4.69, 9.17) is 4.42 Å². The van der Waals surface area contributed by atoms with E-state index in [1.807, 2.05) is 35.2 Å². The number of hydrogen-bond acceptors (Lipinski definition) is 5. The number of para-hydroxylation sites is 1. The zero-order valence-corrected chi connectivity index (χ0v) is 16.4. The maximum Gasteiger partial charge on any atom is 0.237 e. The van der Waals surface area contributed by atoms with Crippen LogP contribution in [0.1, 0.15) is 42.3 Å². The van der Waals surface area contributed by atoms with E-state index in [9.17, 15) is 4.79 Å². The molecule has 0 saturated heterocycles. The van der Waals surface area contributed by atoms with Crippen LogP contribution in [0.25, 0.3) is 0 Å². The van der Waals surface area contributed by atoms with E-state index in [0.717, 1.165) is 54.7 Å².